The smallest absolute Gasteiger partial charge is 0.123 e. The van der Waals surface area contributed by atoms with Gasteiger partial charge in [-0.1, -0.05) is 44.0 Å². The molecule has 4 N–H and O–H groups in total. The lowest BCUT2D eigenvalue weighted by molar-refractivity contribution is 0.0395. The van der Waals surface area contributed by atoms with Gasteiger partial charge in [-0.25, -0.2) is 0 Å². The van der Waals surface area contributed by atoms with E-state index in [0.29, 0.717) is 10.6 Å². The van der Waals surface area contributed by atoms with Crippen molar-refractivity contribution in [3.8, 4) is 5.75 Å². The highest BCUT2D eigenvalue weighted by atomic mass is 35.5. The molecule has 0 aromatic heterocycles. The number of aromatic hydroxyl groups is 1. The quantitative estimate of drug-likeness (QED) is 0.778. The van der Waals surface area contributed by atoms with Crippen molar-refractivity contribution < 1.29 is 10.2 Å². The highest BCUT2D eigenvalue weighted by molar-refractivity contribution is 6.35. The van der Waals surface area contributed by atoms with Crippen molar-refractivity contribution in [1.82, 2.24) is 0 Å². The van der Waals surface area contributed by atoms with Crippen LogP contribution in [-0.4, -0.2) is 16.3 Å². The van der Waals surface area contributed by atoms with Crippen molar-refractivity contribution >= 4 is 23.2 Å². The fraction of sp³-hybridized carbons (Fsp3) is 0.500. The molecule has 17 heavy (non-hydrogen) atoms. The molecule has 96 valence electrons. The molecular weight excluding hydrogens is 261 g/mol. The van der Waals surface area contributed by atoms with Gasteiger partial charge in [-0.15, -0.1) is 0 Å². The summed E-state index contributed by atoms with van der Waals surface area (Å²) in [6, 6.07) is 2.09. The van der Waals surface area contributed by atoms with E-state index in [2.05, 4.69) is 0 Å². The molecule has 0 aliphatic rings. The van der Waals surface area contributed by atoms with Crippen LogP contribution in [0.2, 0.25) is 10.0 Å². The summed E-state index contributed by atoms with van der Waals surface area (Å²) in [5.74, 6) is -0.0988. The molecule has 1 aromatic rings. The number of phenolic OH excluding ortho intramolecular Hbond substituents is 1. The van der Waals surface area contributed by atoms with Crippen molar-refractivity contribution in [3.05, 3.63) is 27.7 Å². The molecule has 0 aliphatic carbocycles. The SMILES string of the molecule is CC(C)(C)[C@H](O)[C@H](N)c1c(O)cc(Cl)cc1Cl. The molecule has 0 radical (unpaired) electrons. The van der Waals surface area contributed by atoms with Crippen LogP contribution in [0.1, 0.15) is 32.4 Å². The number of phenols is 1. The molecule has 0 spiro atoms. The lowest BCUT2D eigenvalue weighted by atomic mass is 9.82. The summed E-state index contributed by atoms with van der Waals surface area (Å²) in [4.78, 5) is 0. The van der Waals surface area contributed by atoms with E-state index in [1.807, 2.05) is 20.8 Å². The Kier molecular flexibility index (Phi) is 4.31. The molecule has 2 atom stereocenters. The lowest BCUT2D eigenvalue weighted by Crippen LogP contribution is -2.37. The van der Waals surface area contributed by atoms with Crippen LogP contribution in [-0.2, 0) is 0 Å². The minimum Gasteiger partial charge on any atom is -0.507 e. The Morgan fingerprint density at radius 3 is 2.18 bits per heavy atom. The first-order valence-electron chi connectivity index (χ1n) is 5.26. The second kappa shape index (κ2) is 5.02. The topological polar surface area (TPSA) is 66.5 Å². The second-order valence-electron chi connectivity index (χ2n) is 5.16. The van der Waals surface area contributed by atoms with Gasteiger partial charge in [0.1, 0.15) is 5.75 Å². The standard InChI is InChI=1S/C12H17Cl2NO2/c1-12(2,3)11(17)10(15)9-7(14)4-6(13)5-8(9)16/h4-5,10-11,16-17H,15H2,1-3H3/t10-,11-/m1/s1. The number of hydrogen-bond donors (Lipinski definition) is 3. The van der Waals surface area contributed by atoms with E-state index in [-0.39, 0.29) is 10.8 Å². The Balaban J connectivity index is 3.17. The van der Waals surface area contributed by atoms with Gasteiger partial charge in [0.05, 0.1) is 17.2 Å². The zero-order chi connectivity index (χ0) is 13.4. The minimum atomic E-state index is -0.827. The maximum Gasteiger partial charge on any atom is 0.123 e. The van der Waals surface area contributed by atoms with Crippen molar-refractivity contribution in [1.29, 1.82) is 0 Å². The van der Waals surface area contributed by atoms with E-state index in [1.54, 1.807) is 0 Å². The first kappa shape index (κ1) is 14.6. The number of aliphatic hydroxyl groups is 1. The minimum absolute atomic E-state index is 0.0988. The van der Waals surface area contributed by atoms with Crippen molar-refractivity contribution in [2.45, 2.75) is 32.9 Å². The first-order chi connectivity index (χ1) is 7.64. The zero-order valence-electron chi connectivity index (χ0n) is 10.0. The summed E-state index contributed by atoms with van der Waals surface area (Å²) in [5.41, 5.74) is 5.85. The van der Waals surface area contributed by atoms with Gasteiger partial charge < -0.3 is 15.9 Å². The summed E-state index contributed by atoms with van der Waals surface area (Å²) >= 11 is 11.7. The molecule has 5 heteroatoms. The molecule has 0 unspecified atom stereocenters. The molecule has 1 rings (SSSR count). The van der Waals surface area contributed by atoms with E-state index < -0.39 is 17.6 Å². The Morgan fingerprint density at radius 2 is 1.76 bits per heavy atom. The first-order valence-corrected chi connectivity index (χ1v) is 6.01. The largest absolute Gasteiger partial charge is 0.507 e. The summed E-state index contributed by atoms with van der Waals surface area (Å²) in [6.07, 6.45) is -0.827. The molecule has 3 nitrogen and oxygen atoms in total. The second-order valence-corrected chi connectivity index (χ2v) is 6.00. The van der Waals surface area contributed by atoms with E-state index in [9.17, 15) is 10.2 Å². The zero-order valence-corrected chi connectivity index (χ0v) is 11.5. The van der Waals surface area contributed by atoms with Crippen LogP contribution in [0.15, 0.2) is 12.1 Å². The van der Waals surface area contributed by atoms with Crippen molar-refractivity contribution in [2.75, 3.05) is 0 Å². The molecule has 0 fully saturated rings. The third-order valence-electron chi connectivity index (χ3n) is 2.63. The molecule has 0 amide bonds. The number of aliphatic hydroxyl groups excluding tert-OH is 1. The molecule has 0 heterocycles. The van der Waals surface area contributed by atoms with E-state index in [1.165, 1.54) is 12.1 Å². The van der Waals surface area contributed by atoms with Crippen LogP contribution >= 0.6 is 23.2 Å². The maximum atomic E-state index is 10.1. The van der Waals surface area contributed by atoms with Crippen LogP contribution in [0.4, 0.5) is 0 Å². The van der Waals surface area contributed by atoms with Gasteiger partial charge in [-0.2, -0.15) is 0 Å². The summed E-state index contributed by atoms with van der Waals surface area (Å²) in [7, 11) is 0. The van der Waals surface area contributed by atoms with Crippen LogP contribution in [0.25, 0.3) is 0 Å². The average molecular weight is 278 g/mol. The highest BCUT2D eigenvalue weighted by Crippen LogP contribution is 2.38. The number of nitrogens with two attached hydrogens (primary N) is 1. The molecule has 0 bridgehead atoms. The van der Waals surface area contributed by atoms with Gasteiger partial charge >= 0.3 is 0 Å². The normalized spacial score (nSPS) is 15.7. The number of hydrogen-bond acceptors (Lipinski definition) is 3. The third kappa shape index (κ3) is 3.26. The number of halogens is 2. The van der Waals surface area contributed by atoms with Gasteiger partial charge in [0, 0.05) is 10.6 Å². The predicted octanol–water partition coefficient (Wildman–Crippen LogP) is 3.11. The molecule has 0 aliphatic heterocycles. The van der Waals surface area contributed by atoms with E-state index >= 15 is 0 Å². The molecule has 0 saturated carbocycles. The molecular formula is C12H17Cl2NO2. The van der Waals surface area contributed by atoms with E-state index in [4.69, 9.17) is 28.9 Å². The van der Waals surface area contributed by atoms with Crippen LogP contribution in [0, 0.1) is 5.41 Å². The molecule has 1 aromatic carbocycles. The Bertz CT molecular complexity index is 392. The number of benzene rings is 1. The van der Waals surface area contributed by atoms with Crippen molar-refractivity contribution in [2.24, 2.45) is 11.1 Å². The Hall–Kier alpha value is -0.480. The van der Waals surface area contributed by atoms with Crippen molar-refractivity contribution in [3.63, 3.8) is 0 Å². The lowest BCUT2D eigenvalue weighted by Gasteiger charge is -2.31. The van der Waals surface area contributed by atoms with Gasteiger partial charge in [0.25, 0.3) is 0 Å². The van der Waals surface area contributed by atoms with Crippen LogP contribution in [0.5, 0.6) is 5.75 Å². The fourth-order valence-electron chi connectivity index (χ4n) is 1.60. The maximum absolute atomic E-state index is 10.1. The predicted molar refractivity (Wildman–Crippen MR) is 70.5 cm³/mol. The van der Waals surface area contributed by atoms with Gasteiger partial charge in [0.15, 0.2) is 0 Å². The fourth-order valence-corrected chi connectivity index (χ4v) is 2.21. The Morgan fingerprint density at radius 1 is 1.24 bits per heavy atom. The van der Waals surface area contributed by atoms with Gasteiger partial charge in [0.2, 0.25) is 0 Å². The van der Waals surface area contributed by atoms with Gasteiger partial charge in [-0.3, -0.25) is 0 Å². The molecule has 0 saturated heterocycles. The highest BCUT2D eigenvalue weighted by Gasteiger charge is 2.31. The van der Waals surface area contributed by atoms with E-state index in [0.717, 1.165) is 0 Å². The number of rotatable bonds is 2. The third-order valence-corrected chi connectivity index (χ3v) is 3.16. The van der Waals surface area contributed by atoms with Crippen LogP contribution in [0.3, 0.4) is 0 Å². The van der Waals surface area contributed by atoms with Crippen LogP contribution < -0.4 is 5.73 Å². The summed E-state index contributed by atoms with van der Waals surface area (Å²) < 4.78 is 0. The Labute approximate surface area is 111 Å². The summed E-state index contributed by atoms with van der Waals surface area (Å²) in [5, 5.41) is 20.5. The average Bonchev–Trinajstić information content (AvgIpc) is 2.13. The van der Waals surface area contributed by atoms with Gasteiger partial charge in [-0.05, 0) is 17.5 Å². The monoisotopic (exact) mass is 277 g/mol. The summed E-state index contributed by atoms with van der Waals surface area (Å²) in [6.45, 7) is 5.58.